The van der Waals surface area contributed by atoms with E-state index in [1.54, 1.807) is 0 Å². The number of carboxylic acid groups (broad SMARTS) is 1. The van der Waals surface area contributed by atoms with E-state index in [4.69, 9.17) is 5.11 Å². The van der Waals surface area contributed by atoms with E-state index < -0.39 is 5.97 Å². The molecule has 0 aromatic heterocycles. The summed E-state index contributed by atoms with van der Waals surface area (Å²) in [6, 6.07) is 0. The molecule has 3 fully saturated rings. The number of hydrogen-bond acceptors (Lipinski definition) is 2. The van der Waals surface area contributed by atoms with Crippen molar-refractivity contribution in [2.45, 2.75) is 6.42 Å². The predicted molar refractivity (Wildman–Crippen MR) is 35.6 cm³/mol. The van der Waals surface area contributed by atoms with Crippen LogP contribution in [0.25, 0.3) is 0 Å². The SMILES string of the molecule is O=C(O)C1C2CNCC1C2. The number of carbonyl (C=O) groups is 1. The highest BCUT2D eigenvalue weighted by atomic mass is 16.4. The second kappa shape index (κ2) is 1.95. The van der Waals surface area contributed by atoms with Crippen molar-refractivity contribution in [3.05, 3.63) is 0 Å². The van der Waals surface area contributed by atoms with E-state index in [2.05, 4.69) is 5.32 Å². The molecule has 0 aromatic carbocycles. The summed E-state index contributed by atoms with van der Waals surface area (Å²) in [5.74, 6) is 0.233. The van der Waals surface area contributed by atoms with E-state index in [0.717, 1.165) is 19.5 Å². The number of hydrogen-bond donors (Lipinski definition) is 2. The average Bonchev–Trinajstić information content (AvgIpc) is 1.87. The van der Waals surface area contributed by atoms with Crippen molar-refractivity contribution in [3.8, 4) is 0 Å². The molecule has 2 atom stereocenters. The van der Waals surface area contributed by atoms with Crippen molar-refractivity contribution in [1.29, 1.82) is 0 Å². The lowest BCUT2D eigenvalue weighted by molar-refractivity contribution is -0.154. The van der Waals surface area contributed by atoms with Gasteiger partial charge in [0.2, 0.25) is 0 Å². The molecule has 1 saturated carbocycles. The molecule has 0 amide bonds. The number of carboxylic acids is 1. The quantitative estimate of drug-likeness (QED) is 0.537. The summed E-state index contributed by atoms with van der Waals surface area (Å²) in [6.07, 6.45) is 1.13. The maximum absolute atomic E-state index is 10.6. The molecule has 1 aliphatic carbocycles. The van der Waals surface area contributed by atoms with E-state index in [0.29, 0.717) is 11.8 Å². The predicted octanol–water partition coefficient (Wildman–Crippen LogP) is -0.0735. The van der Waals surface area contributed by atoms with Gasteiger partial charge in [0, 0.05) is 0 Å². The Morgan fingerprint density at radius 2 is 2.00 bits per heavy atom. The van der Waals surface area contributed by atoms with Crippen LogP contribution in [-0.2, 0) is 4.79 Å². The summed E-state index contributed by atoms with van der Waals surface area (Å²) >= 11 is 0. The summed E-state index contributed by atoms with van der Waals surface area (Å²) in [5.41, 5.74) is 0. The van der Waals surface area contributed by atoms with Gasteiger partial charge in [-0.25, -0.2) is 0 Å². The molecule has 3 nitrogen and oxygen atoms in total. The molecule has 2 aliphatic heterocycles. The molecule has 2 bridgehead atoms. The monoisotopic (exact) mass is 141 g/mol. The molecule has 2 saturated heterocycles. The lowest BCUT2D eigenvalue weighted by Gasteiger charge is -2.47. The van der Waals surface area contributed by atoms with Crippen LogP contribution in [0.4, 0.5) is 0 Å². The van der Waals surface area contributed by atoms with Gasteiger partial charge in [0.1, 0.15) is 0 Å². The highest BCUT2D eigenvalue weighted by Gasteiger charge is 2.47. The zero-order valence-corrected chi connectivity index (χ0v) is 5.71. The first-order valence-corrected chi connectivity index (χ1v) is 3.72. The smallest absolute Gasteiger partial charge is 0.307 e. The number of piperidine rings is 2. The molecule has 56 valence electrons. The molecule has 3 aliphatic rings. The zero-order chi connectivity index (χ0) is 7.14. The minimum Gasteiger partial charge on any atom is -0.481 e. The van der Waals surface area contributed by atoms with E-state index in [1.165, 1.54) is 0 Å². The van der Waals surface area contributed by atoms with E-state index in [-0.39, 0.29) is 5.92 Å². The molecule has 10 heavy (non-hydrogen) atoms. The van der Waals surface area contributed by atoms with Crippen LogP contribution in [0.3, 0.4) is 0 Å². The van der Waals surface area contributed by atoms with Gasteiger partial charge < -0.3 is 10.4 Å². The summed E-state index contributed by atoms with van der Waals surface area (Å²) < 4.78 is 0. The van der Waals surface area contributed by atoms with Crippen molar-refractivity contribution in [2.24, 2.45) is 17.8 Å². The van der Waals surface area contributed by atoms with Gasteiger partial charge in [-0.05, 0) is 31.3 Å². The summed E-state index contributed by atoms with van der Waals surface area (Å²) in [6.45, 7) is 1.82. The van der Waals surface area contributed by atoms with Crippen molar-refractivity contribution < 1.29 is 9.90 Å². The molecule has 3 heteroatoms. The highest BCUT2D eigenvalue weighted by Crippen LogP contribution is 2.42. The molecular formula is C7H11NO2. The maximum atomic E-state index is 10.6. The number of fused-ring (bicyclic) bond motifs is 2. The van der Waals surface area contributed by atoms with Crippen LogP contribution >= 0.6 is 0 Å². The standard InChI is InChI=1S/C7H11NO2/c9-7(10)6-4-1-5(6)3-8-2-4/h4-6,8H,1-3H2,(H,9,10). The first-order valence-electron chi connectivity index (χ1n) is 3.72. The third kappa shape index (κ3) is 0.669. The largest absolute Gasteiger partial charge is 0.481 e. The van der Waals surface area contributed by atoms with Gasteiger partial charge in [-0.2, -0.15) is 0 Å². The molecular weight excluding hydrogens is 130 g/mol. The summed E-state index contributed by atoms with van der Waals surface area (Å²) in [7, 11) is 0. The molecule has 0 radical (unpaired) electrons. The second-order valence-electron chi connectivity index (χ2n) is 3.28. The Labute approximate surface area is 59.4 Å². The molecule has 2 heterocycles. The van der Waals surface area contributed by atoms with Crippen molar-refractivity contribution in [1.82, 2.24) is 5.32 Å². The summed E-state index contributed by atoms with van der Waals surface area (Å²) in [4.78, 5) is 10.6. The van der Waals surface area contributed by atoms with Gasteiger partial charge in [-0.3, -0.25) is 4.79 Å². The topological polar surface area (TPSA) is 49.3 Å². The van der Waals surface area contributed by atoms with Gasteiger partial charge in [0.15, 0.2) is 0 Å². The minimum atomic E-state index is -0.595. The molecule has 3 rings (SSSR count). The first kappa shape index (κ1) is 6.16. The van der Waals surface area contributed by atoms with Gasteiger partial charge in [0.05, 0.1) is 5.92 Å². The van der Waals surface area contributed by atoms with Crippen LogP contribution in [0.15, 0.2) is 0 Å². The van der Waals surface area contributed by atoms with E-state index in [9.17, 15) is 4.79 Å². The van der Waals surface area contributed by atoms with Gasteiger partial charge in [-0.1, -0.05) is 0 Å². The molecule has 2 N–H and O–H groups in total. The maximum Gasteiger partial charge on any atom is 0.307 e. The number of rotatable bonds is 1. The molecule has 2 unspecified atom stereocenters. The van der Waals surface area contributed by atoms with Crippen molar-refractivity contribution in [2.75, 3.05) is 13.1 Å². The zero-order valence-electron chi connectivity index (χ0n) is 5.71. The Balaban J connectivity index is 2.06. The normalized spacial score (nSPS) is 44.2. The molecule has 0 spiro atoms. The van der Waals surface area contributed by atoms with Crippen LogP contribution in [0.5, 0.6) is 0 Å². The lowest BCUT2D eigenvalue weighted by atomic mass is 9.62. The third-order valence-electron chi connectivity index (χ3n) is 2.72. The minimum absolute atomic E-state index is 0.0266. The van der Waals surface area contributed by atoms with Crippen LogP contribution < -0.4 is 5.32 Å². The lowest BCUT2D eigenvalue weighted by Crippen LogP contribution is -2.56. The molecule has 0 aromatic rings. The van der Waals surface area contributed by atoms with Crippen LogP contribution in [-0.4, -0.2) is 24.2 Å². The number of aliphatic carboxylic acids is 1. The Bertz CT molecular complexity index is 155. The van der Waals surface area contributed by atoms with Gasteiger partial charge >= 0.3 is 5.97 Å². The van der Waals surface area contributed by atoms with Crippen molar-refractivity contribution >= 4 is 5.97 Å². The third-order valence-corrected chi connectivity index (χ3v) is 2.72. The second-order valence-corrected chi connectivity index (χ2v) is 3.28. The fourth-order valence-corrected chi connectivity index (χ4v) is 2.15. The number of nitrogens with one attached hydrogen (secondary N) is 1. The Morgan fingerprint density at radius 1 is 1.40 bits per heavy atom. The first-order chi connectivity index (χ1) is 4.79. The average molecular weight is 141 g/mol. The van der Waals surface area contributed by atoms with Crippen LogP contribution in [0.2, 0.25) is 0 Å². The van der Waals surface area contributed by atoms with Gasteiger partial charge in [-0.15, -0.1) is 0 Å². The van der Waals surface area contributed by atoms with E-state index >= 15 is 0 Å². The highest BCUT2D eigenvalue weighted by molar-refractivity contribution is 5.72. The van der Waals surface area contributed by atoms with Crippen molar-refractivity contribution in [3.63, 3.8) is 0 Å². The fourth-order valence-electron chi connectivity index (χ4n) is 2.15. The Hall–Kier alpha value is -0.570. The van der Waals surface area contributed by atoms with E-state index in [1.807, 2.05) is 0 Å². The van der Waals surface area contributed by atoms with Crippen LogP contribution in [0.1, 0.15) is 6.42 Å². The summed E-state index contributed by atoms with van der Waals surface area (Å²) in [5, 5.41) is 11.9. The van der Waals surface area contributed by atoms with Crippen LogP contribution in [0, 0.1) is 17.8 Å². The Morgan fingerprint density at radius 3 is 2.30 bits per heavy atom. The fraction of sp³-hybridized carbons (Fsp3) is 0.857. The van der Waals surface area contributed by atoms with Gasteiger partial charge in [0.25, 0.3) is 0 Å². The Kier molecular flexibility index (Phi) is 1.20.